The zero-order valence-corrected chi connectivity index (χ0v) is 26.8. The summed E-state index contributed by atoms with van der Waals surface area (Å²) in [5.41, 5.74) is 7.86. The Morgan fingerprint density at radius 3 is 2.54 bits per heavy atom. The molecule has 0 saturated carbocycles. The second kappa shape index (κ2) is 14.2. The molecule has 10 nitrogen and oxygen atoms in total. The Balaban J connectivity index is 1.34. The minimum Gasteiger partial charge on any atom is -0.497 e. The van der Waals surface area contributed by atoms with Crippen molar-refractivity contribution < 1.29 is 33.6 Å². The van der Waals surface area contributed by atoms with Crippen LogP contribution in [0.1, 0.15) is 34.8 Å². The average Bonchev–Trinajstić information content (AvgIpc) is 3.72. The molecular formula is C35H34BrN3O7. The molecule has 1 amide bonds. The minimum absolute atomic E-state index is 0.0580. The van der Waals surface area contributed by atoms with Gasteiger partial charge in [0.15, 0.2) is 23.1 Å². The first kappa shape index (κ1) is 31.4. The standard InChI is InChI=1S/C35H34BrN3O7/c1-42-29-5-2-4-26(19-29)32-35(20-23-6-11-27(36)12-7-23,34(41)39-37-21-24-8-15-30-31(18-24)45-22-44-30)38-33(46-32)25-9-13-28(14-10-25)43-17-3-16-40/h2,4-15,18-19,32,37,40H,3,16-17,20-22H2,1H3,(H,39,41)/t32-,35-/m0/s1. The lowest BCUT2D eigenvalue weighted by molar-refractivity contribution is -0.130. The predicted octanol–water partition coefficient (Wildman–Crippen LogP) is 5.27. The lowest BCUT2D eigenvalue weighted by atomic mass is 9.82. The fraction of sp³-hybridized carbons (Fsp3) is 0.257. The van der Waals surface area contributed by atoms with Crippen LogP contribution in [-0.2, 0) is 22.5 Å². The molecule has 0 aliphatic carbocycles. The van der Waals surface area contributed by atoms with Crippen LogP contribution in [0.5, 0.6) is 23.0 Å². The first-order valence-electron chi connectivity index (χ1n) is 14.9. The highest BCUT2D eigenvalue weighted by Crippen LogP contribution is 2.43. The van der Waals surface area contributed by atoms with E-state index in [4.69, 9.17) is 33.8 Å². The first-order valence-corrected chi connectivity index (χ1v) is 15.7. The predicted molar refractivity (Wildman–Crippen MR) is 175 cm³/mol. The van der Waals surface area contributed by atoms with Crippen LogP contribution in [0.4, 0.5) is 0 Å². The molecule has 0 radical (unpaired) electrons. The lowest BCUT2D eigenvalue weighted by Crippen LogP contribution is -2.53. The molecule has 2 heterocycles. The van der Waals surface area contributed by atoms with Crippen molar-refractivity contribution in [2.75, 3.05) is 27.1 Å². The van der Waals surface area contributed by atoms with Crippen LogP contribution in [0.25, 0.3) is 0 Å². The van der Waals surface area contributed by atoms with Crippen molar-refractivity contribution in [1.29, 1.82) is 0 Å². The summed E-state index contributed by atoms with van der Waals surface area (Å²) < 4.78 is 29.7. The first-order chi connectivity index (χ1) is 22.5. The number of rotatable bonds is 13. The number of aliphatic hydroxyl groups is 1. The van der Waals surface area contributed by atoms with E-state index in [-0.39, 0.29) is 25.7 Å². The zero-order valence-electron chi connectivity index (χ0n) is 25.2. The molecule has 2 atom stereocenters. The number of carbonyl (C=O) groups is 1. The number of aliphatic imine (C=N–C) groups is 1. The van der Waals surface area contributed by atoms with Crippen molar-refractivity contribution >= 4 is 27.7 Å². The summed E-state index contributed by atoms with van der Waals surface area (Å²) in [6, 6.07) is 28.3. The highest BCUT2D eigenvalue weighted by molar-refractivity contribution is 9.10. The summed E-state index contributed by atoms with van der Waals surface area (Å²) in [7, 11) is 1.60. The SMILES string of the molecule is COc1cccc([C@@H]2OC(c3ccc(OCCCO)cc3)=N[C@]2(Cc2ccc(Br)cc2)C(=O)NNCc2ccc3c(c2)OCO3)c1. The maximum Gasteiger partial charge on any atom is 0.266 e. The Hall–Kier alpha value is -4.58. The quantitative estimate of drug-likeness (QED) is 0.129. The number of hydrogen-bond acceptors (Lipinski definition) is 9. The maximum absolute atomic E-state index is 14.4. The van der Waals surface area contributed by atoms with Gasteiger partial charge in [-0.1, -0.05) is 46.3 Å². The largest absolute Gasteiger partial charge is 0.497 e. The van der Waals surface area contributed by atoms with Gasteiger partial charge in [-0.15, -0.1) is 0 Å². The van der Waals surface area contributed by atoms with E-state index in [0.29, 0.717) is 54.0 Å². The molecule has 3 N–H and O–H groups in total. The topological polar surface area (TPSA) is 120 Å². The van der Waals surface area contributed by atoms with Gasteiger partial charge in [-0.05, 0) is 77.4 Å². The Morgan fingerprint density at radius 1 is 0.978 bits per heavy atom. The summed E-state index contributed by atoms with van der Waals surface area (Å²) in [4.78, 5) is 19.5. The van der Waals surface area contributed by atoms with Gasteiger partial charge in [-0.2, -0.15) is 0 Å². The molecule has 46 heavy (non-hydrogen) atoms. The summed E-state index contributed by atoms with van der Waals surface area (Å²) in [6.07, 6.45) is 0.0101. The summed E-state index contributed by atoms with van der Waals surface area (Å²) in [5, 5.41) is 9.07. The van der Waals surface area contributed by atoms with Crippen LogP contribution >= 0.6 is 15.9 Å². The second-order valence-electron chi connectivity index (χ2n) is 10.9. The Kier molecular flexibility index (Phi) is 9.72. The number of benzene rings is 4. The van der Waals surface area contributed by atoms with E-state index in [9.17, 15) is 4.79 Å². The van der Waals surface area contributed by atoms with Crippen molar-refractivity contribution in [2.24, 2.45) is 4.99 Å². The van der Waals surface area contributed by atoms with Crippen LogP contribution in [0.3, 0.4) is 0 Å². The number of hydrazine groups is 1. The van der Waals surface area contributed by atoms with E-state index in [2.05, 4.69) is 26.8 Å². The summed E-state index contributed by atoms with van der Waals surface area (Å²) in [5.74, 6) is 2.63. The van der Waals surface area contributed by atoms with Gasteiger partial charge in [0.1, 0.15) is 11.5 Å². The second-order valence-corrected chi connectivity index (χ2v) is 11.8. The van der Waals surface area contributed by atoms with Crippen molar-refractivity contribution in [1.82, 2.24) is 10.9 Å². The van der Waals surface area contributed by atoms with Gasteiger partial charge in [0, 0.05) is 36.0 Å². The molecule has 11 heteroatoms. The van der Waals surface area contributed by atoms with Crippen molar-refractivity contribution in [3.8, 4) is 23.0 Å². The third-order valence-electron chi connectivity index (χ3n) is 7.74. The van der Waals surface area contributed by atoms with E-state index in [0.717, 1.165) is 21.2 Å². The van der Waals surface area contributed by atoms with Gasteiger partial charge in [0.05, 0.1) is 13.7 Å². The summed E-state index contributed by atoms with van der Waals surface area (Å²) in [6.45, 7) is 0.992. The normalized spacial score (nSPS) is 18.1. The number of methoxy groups -OCH3 is 1. The number of nitrogens with one attached hydrogen (secondary N) is 2. The molecule has 0 unspecified atom stereocenters. The van der Waals surface area contributed by atoms with Crippen LogP contribution < -0.4 is 29.8 Å². The van der Waals surface area contributed by atoms with E-state index >= 15 is 0 Å². The fourth-order valence-corrected chi connectivity index (χ4v) is 5.65. The number of ether oxygens (including phenoxy) is 5. The highest BCUT2D eigenvalue weighted by Gasteiger charge is 2.53. The Bertz CT molecular complexity index is 1700. The van der Waals surface area contributed by atoms with Crippen molar-refractivity contribution in [2.45, 2.75) is 31.0 Å². The van der Waals surface area contributed by atoms with Crippen LogP contribution in [0.15, 0.2) is 100 Å². The van der Waals surface area contributed by atoms with Gasteiger partial charge >= 0.3 is 0 Å². The lowest BCUT2D eigenvalue weighted by Gasteiger charge is -2.31. The van der Waals surface area contributed by atoms with Gasteiger partial charge < -0.3 is 28.8 Å². The number of carbonyl (C=O) groups excluding carboxylic acids is 1. The number of aliphatic hydroxyl groups excluding tert-OH is 1. The molecule has 238 valence electrons. The highest BCUT2D eigenvalue weighted by atomic mass is 79.9. The molecule has 2 aliphatic heterocycles. The number of amides is 1. The molecule has 0 aromatic heterocycles. The molecule has 4 aromatic rings. The molecule has 0 bridgehead atoms. The number of hydrogen-bond donors (Lipinski definition) is 3. The van der Waals surface area contributed by atoms with Gasteiger partial charge in [0.25, 0.3) is 5.91 Å². The molecule has 0 spiro atoms. The summed E-state index contributed by atoms with van der Waals surface area (Å²) >= 11 is 3.51. The van der Waals surface area contributed by atoms with E-state index in [1.807, 2.05) is 91.0 Å². The van der Waals surface area contributed by atoms with Crippen LogP contribution in [0.2, 0.25) is 0 Å². The smallest absolute Gasteiger partial charge is 0.266 e. The maximum atomic E-state index is 14.4. The van der Waals surface area contributed by atoms with Gasteiger partial charge in [-0.25, -0.2) is 10.4 Å². The van der Waals surface area contributed by atoms with Crippen molar-refractivity contribution in [3.63, 3.8) is 0 Å². The number of halogens is 1. The Labute approximate surface area is 275 Å². The molecule has 4 aromatic carbocycles. The van der Waals surface area contributed by atoms with E-state index < -0.39 is 11.6 Å². The number of fused-ring (bicyclic) bond motifs is 1. The third-order valence-corrected chi connectivity index (χ3v) is 8.27. The fourth-order valence-electron chi connectivity index (χ4n) is 5.39. The van der Waals surface area contributed by atoms with Crippen LogP contribution in [-0.4, -0.2) is 49.6 Å². The van der Waals surface area contributed by atoms with Gasteiger partial charge in [0.2, 0.25) is 12.7 Å². The molecule has 6 rings (SSSR count). The number of nitrogens with zero attached hydrogens (tertiary/aromatic N) is 1. The third kappa shape index (κ3) is 6.96. The molecule has 0 saturated heterocycles. The van der Waals surface area contributed by atoms with Gasteiger partial charge in [-0.3, -0.25) is 10.2 Å². The van der Waals surface area contributed by atoms with Crippen molar-refractivity contribution in [3.05, 3.63) is 118 Å². The minimum atomic E-state index is -1.40. The molecule has 0 fully saturated rings. The molecule has 2 aliphatic rings. The Morgan fingerprint density at radius 2 is 1.76 bits per heavy atom. The van der Waals surface area contributed by atoms with E-state index in [1.165, 1.54) is 0 Å². The monoisotopic (exact) mass is 687 g/mol. The molecular weight excluding hydrogens is 654 g/mol. The zero-order chi connectivity index (χ0) is 31.9. The average molecular weight is 689 g/mol. The van der Waals surface area contributed by atoms with Crippen LogP contribution in [0, 0.1) is 0 Å². The van der Waals surface area contributed by atoms with E-state index in [1.54, 1.807) is 7.11 Å².